The number of anilines is 1. The monoisotopic (exact) mass is 462 g/mol. The average Bonchev–Trinajstić information content (AvgIpc) is 3.40. The maximum Gasteiger partial charge on any atom is 0.412 e. The number of aromatic amines is 1. The predicted octanol–water partition coefficient (Wildman–Crippen LogP) is 4.10. The number of hydrogen-bond acceptors (Lipinski definition) is 5. The topological polar surface area (TPSA) is 125 Å². The van der Waals surface area contributed by atoms with Gasteiger partial charge in [-0.05, 0) is 36.1 Å². The van der Waals surface area contributed by atoms with Crippen LogP contribution in [0, 0.1) is 0 Å². The molecule has 0 spiro atoms. The van der Waals surface area contributed by atoms with Gasteiger partial charge in [0.2, 0.25) is 0 Å². The van der Waals surface area contributed by atoms with Crippen LogP contribution in [0.5, 0.6) is 0 Å². The molecule has 2 aromatic carbocycles. The van der Waals surface area contributed by atoms with E-state index < -0.39 is 24.0 Å². The maximum atomic E-state index is 12.7. The molecule has 0 saturated carbocycles. The number of benzene rings is 2. The molecule has 0 saturated heterocycles. The molecule has 1 atom stereocenters. The second kappa shape index (κ2) is 9.78. The lowest BCUT2D eigenvalue weighted by molar-refractivity contribution is -0.138. The van der Waals surface area contributed by atoms with Crippen LogP contribution in [0.15, 0.2) is 54.6 Å². The molecule has 4 rings (SSSR count). The van der Waals surface area contributed by atoms with Crippen molar-refractivity contribution in [2.24, 2.45) is 0 Å². The van der Waals surface area contributed by atoms with Crippen molar-refractivity contribution in [1.82, 2.24) is 15.1 Å². The fourth-order valence-electron chi connectivity index (χ4n) is 4.41. The highest BCUT2D eigenvalue weighted by atomic mass is 16.5. The highest BCUT2D eigenvalue weighted by Gasteiger charge is 2.29. The van der Waals surface area contributed by atoms with Crippen molar-refractivity contribution < 1.29 is 24.2 Å². The quantitative estimate of drug-likeness (QED) is 0.463. The molecule has 9 heteroatoms. The lowest BCUT2D eigenvalue weighted by Gasteiger charge is -2.26. The summed E-state index contributed by atoms with van der Waals surface area (Å²) in [6.07, 6.45) is -0.850. The fourth-order valence-corrected chi connectivity index (χ4v) is 4.41. The Morgan fingerprint density at radius 1 is 1.12 bits per heavy atom. The minimum absolute atomic E-state index is 0.0664. The van der Waals surface area contributed by atoms with Crippen LogP contribution in [0.25, 0.3) is 11.1 Å². The van der Waals surface area contributed by atoms with Crippen LogP contribution in [-0.2, 0) is 9.53 Å². The first-order valence-electron chi connectivity index (χ1n) is 11.1. The molecule has 2 amide bonds. The molecular formula is C25H26N4O5. The summed E-state index contributed by atoms with van der Waals surface area (Å²) in [7, 11) is 0. The van der Waals surface area contributed by atoms with E-state index in [1.54, 1.807) is 13.8 Å². The van der Waals surface area contributed by atoms with E-state index in [1.165, 1.54) is 11.0 Å². The van der Waals surface area contributed by atoms with Crippen molar-refractivity contribution in [1.29, 1.82) is 0 Å². The van der Waals surface area contributed by atoms with Crippen LogP contribution in [-0.4, -0.2) is 57.4 Å². The number of nitrogens with zero attached hydrogens (tertiary/aromatic N) is 2. The molecule has 1 heterocycles. The van der Waals surface area contributed by atoms with Gasteiger partial charge >= 0.3 is 12.1 Å². The number of carboxylic acids is 1. The number of fused-ring (bicyclic) bond motifs is 3. The summed E-state index contributed by atoms with van der Waals surface area (Å²) in [5.74, 6) is -1.31. The van der Waals surface area contributed by atoms with Gasteiger partial charge in [-0.2, -0.15) is 5.10 Å². The molecule has 0 fully saturated rings. The zero-order valence-electron chi connectivity index (χ0n) is 18.9. The number of nitrogens with one attached hydrogen (secondary N) is 2. The molecule has 176 valence electrons. The van der Waals surface area contributed by atoms with Gasteiger partial charge in [0.25, 0.3) is 5.91 Å². The minimum atomic E-state index is -0.985. The molecular weight excluding hydrogens is 436 g/mol. The Kier molecular flexibility index (Phi) is 6.62. The van der Waals surface area contributed by atoms with Gasteiger partial charge in [-0.25, -0.2) is 4.79 Å². The van der Waals surface area contributed by atoms with Crippen molar-refractivity contribution in [3.05, 3.63) is 71.4 Å². The molecule has 1 aliphatic rings. The average molecular weight is 463 g/mol. The number of aromatic nitrogens is 2. The van der Waals surface area contributed by atoms with E-state index in [-0.39, 0.29) is 30.5 Å². The van der Waals surface area contributed by atoms with E-state index in [9.17, 15) is 14.4 Å². The zero-order chi connectivity index (χ0) is 24.2. The van der Waals surface area contributed by atoms with Gasteiger partial charge in [0.15, 0.2) is 5.82 Å². The Morgan fingerprint density at radius 2 is 1.74 bits per heavy atom. The number of ether oxygens (including phenoxy) is 1. The Balaban J connectivity index is 1.39. The number of amides is 2. The number of carbonyl (C=O) groups excluding carboxylic acids is 2. The smallest absolute Gasteiger partial charge is 0.412 e. The van der Waals surface area contributed by atoms with E-state index >= 15 is 0 Å². The third-order valence-electron chi connectivity index (χ3n) is 5.99. The summed E-state index contributed by atoms with van der Waals surface area (Å²) < 4.78 is 5.50. The van der Waals surface area contributed by atoms with Crippen LogP contribution in [0.1, 0.15) is 47.8 Å². The van der Waals surface area contributed by atoms with Gasteiger partial charge in [-0.3, -0.25) is 20.0 Å². The molecule has 0 aliphatic heterocycles. The van der Waals surface area contributed by atoms with E-state index in [1.807, 2.05) is 36.4 Å². The first-order chi connectivity index (χ1) is 16.4. The minimum Gasteiger partial charge on any atom is -0.481 e. The Morgan fingerprint density at radius 3 is 2.32 bits per heavy atom. The lowest BCUT2D eigenvalue weighted by Crippen LogP contribution is -2.39. The van der Waals surface area contributed by atoms with Gasteiger partial charge in [0.1, 0.15) is 12.3 Å². The molecule has 0 radical (unpaired) electrons. The number of aliphatic carboxylic acids is 1. The standard InChI is InChI=1S/C25H26N4O5/c1-3-29(15(2)12-23(30)31)24(32)21-13-22(28-27-21)26-25(33)34-14-20-18-10-6-4-8-16(18)17-9-5-7-11-19(17)20/h4-11,13,15,20H,3,12,14H2,1-2H3,(H,30,31)(H2,26,27,28,33). The maximum absolute atomic E-state index is 12.7. The van der Waals surface area contributed by atoms with Crippen molar-refractivity contribution in [2.75, 3.05) is 18.5 Å². The molecule has 1 unspecified atom stereocenters. The molecule has 3 aromatic rings. The molecule has 1 aliphatic carbocycles. The molecule has 0 bridgehead atoms. The largest absolute Gasteiger partial charge is 0.481 e. The van der Waals surface area contributed by atoms with Crippen molar-refractivity contribution in [3.63, 3.8) is 0 Å². The second-order valence-electron chi connectivity index (χ2n) is 8.16. The SMILES string of the molecule is CCN(C(=O)c1cc(NC(=O)OCC2c3ccccc3-c3ccccc32)n[nH]1)C(C)CC(=O)O. The van der Waals surface area contributed by atoms with Crippen LogP contribution >= 0.6 is 0 Å². The first kappa shape index (κ1) is 23.0. The number of carboxylic acid groups (broad SMARTS) is 1. The normalized spacial score (nSPS) is 13.0. The number of rotatable bonds is 8. The van der Waals surface area contributed by atoms with Crippen LogP contribution in [0.3, 0.4) is 0 Å². The third kappa shape index (κ3) is 4.63. The van der Waals surface area contributed by atoms with Crippen molar-refractivity contribution in [3.8, 4) is 11.1 Å². The van der Waals surface area contributed by atoms with Gasteiger partial charge in [-0.1, -0.05) is 48.5 Å². The van der Waals surface area contributed by atoms with E-state index in [0.29, 0.717) is 6.54 Å². The third-order valence-corrected chi connectivity index (χ3v) is 5.99. The predicted molar refractivity (Wildman–Crippen MR) is 126 cm³/mol. The summed E-state index contributed by atoms with van der Waals surface area (Å²) in [4.78, 5) is 37.6. The zero-order valence-corrected chi connectivity index (χ0v) is 18.9. The Bertz CT molecular complexity index is 1180. The first-order valence-corrected chi connectivity index (χ1v) is 11.1. The van der Waals surface area contributed by atoms with E-state index in [0.717, 1.165) is 22.3 Å². The molecule has 9 nitrogen and oxygen atoms in total. The summed E-state index contributed by atoms with van der Waals surface area (Å²) in [6, 6.07) is 17.0. The fraction of sp³-hybridized carbons (Fsp3) is 0.280. The lowest BCUT2D eigenvalue weighted by atomic mass is 9.98. The van der Waals surface area contributed by atoms with E-state index in [2.05, 4.69) is 27.6 Å². The van der Waals surface area contributed by atoms with Gasteiger partial charge in [0.05, 0.1) is 6.42 Å². The molecule has 3 N–H and O–H groups in total. The van der Waals surface area contributed by atoms with Gasteiger partial charge in [-0.15, -0.1) is 0 Å². The molecule has 34 heavy (non-hydrogen) atoms. The summed E-state index contributed by atoms with van der Waals surface area (Å²) in [6.45, 7) is 3.93. The summed E-state index contributed by atoms with van der Waals surface area (Å²) in [5.41, 5.74) is 4.65. The van der Waals surface area contributed by atoms with Crippen molar-refractivity contribution >= 4 is 23.8 Å². The highest BCUT2D eigenvalue weighted by Crippen LogP contribution is 2.44. The van der Waals surface area contributed by atoms with Crippen LogP contribution < -0.4 is 5.32 Å². The van der Waals surface area contributed by atoms with Crippen LogP contribution in [0.2, 0.25) is 0 Å². The van der Waals surface area contributed by atoms with E-state index in [4.69, 9.17) is 9.84 Å². The summed E-state index contributed by atoms with van der Waals surface area (Å²) >= 11 is 0. The number of hydrogen-bond donors (Lipinski definition) is 3. The number of carbonyl (C=O) groups is 3. The second-order valence-corrected chi connectivity index (χ2v) is 8.16. The highest BCUT2D eigenvalue weighted by molar-refractivity contribution is 5.94. The molecule has 1 aromatic heterocycles. The van der Waals surface area contributed by atoms with Gasteiger partial charge < -0.3 is 14.7 Å². The van der Waals surface area contributed by atoms with Crippen molar-refractivity contribution in [2.45, 2.75) is 32.2 Å². The number of H-pyrrole nitrogens is 1. The van der Waals surface area contributed by atoms with Crippen LogP contribution in [0.4, 0.5) is 10.6 Å². The summed E-state index contributed by atoms with van der Waals surface area (Å²) in [5, 5.41) is 18.1. The Labute approximate surface area is 196 Å². The Hall–Kier alpha value is -4.14. The van der Waals surface area contributed by atoms with Gasteiger partial charge in [0, 0.05) is 24.6 Å².